The van der Waals surface area contributed by atoms with Crippen LogP contribution < -0.4 is 0 Å². The molecule has 0 nitrogen and oxygen atoms in total. The number of halogens is 3. The van der Waals surface area contributed by atoms with E-state index in [-0.39, 0.29) is 0 Å². The van der Waals surface area contributed by atoms with Gasteiger partial charge in [-0.2, -0.15) is 0 Å². The van der Waals surface area contributed by atoms with E-state index in [2.05, 4.69) is 84.2 Å². The molecule has 1 heterocycles. The minimum Gasteiger partial charge on any atom is -0.133 e. The van der Waals surface area contributed by atoms with E-state index >= 15 is 0 Å². The zero-order valence-electron chi connectivity index (χ0n) is 9.70. The van der Waals surface area contributed by atoms with Crippen molar-refractivity contribution in [2.75, 3.05) is 5.33 Å². The molecule has 96 valence electrons. The molecule has 0 saturated heterocycles. The summed E-state index contributed by atoms with van der Waals surface area (Å²) in [6, 6.07) is 12.9. The molecule has 0 amide bonds. The number of rotatable bonds is 5. The molecule has 4 heteroatoms. The molecular formula is C14H13Br3S. The van der Waals surface area contributed by atoms with Gasteiger partial charge in [-0.3, -0.25) is 0 Å². The molecule has 2 aromatic rings. The summed E-state index contributed by atoms with van der Waals surface area (Å²) in [4.78, 5) is 1.45. The fourth-order valence-electron chi connectivity index (χ4n) is 1.92. The van der Waals surface area contributed by atoms with Crippen LogP contribution in [0.2, 0.25) is 0 Å². The van der Waals surface area contributed by atoms with Gasteiger partial charge in [0.05, 0.1) is 3.79 Å². The molecule has 0 radical (unpaired) electrons. The number of alkyl halides is 1. The van der Waals surface area contributed by atoms with E-state index < -0.39 is 0 Å². The first kappa shape index (κ1) is 14.8. The van der Waals surface area contributed by atoms with Crippen LogP contribution in [0.3, 0.4) is 0 Å². The maximum atomic E-state index is 3.64. The highest BCUT2D eigenvalue weighted by Gasteiger charge is 2.11. The Kier molecular flexibility index (Phi) is 5.93. The summed E-state index contributed by atoms with van der Waals surface area (Å²) >= 11 is 12.5. The van der Waals surface area contributed by atoms with Crippen LogP contribution in [0, 0.1) is 5.92 Å². The SMILES string of the molecule is BrCC(Cc1cccc(Br)c1)Cc1ccc(Br)s1. The van der Waals surface area contributed by atoms with Gasteiger partial charge >= 0.3 is 0 Å². The zero-order chi connectivity index (χ0) is 13.0. The van der Waals surface area contributed by atoms with Crippen molar-refractivity contribution >= 4 is 59.1 Å². The molecule has 0 aliphatic carbocycles. The van der Waals surface area contributed by atoms with Gasteiger partial charge in [0.15, 0.2) is 0 Å². The lowest BCUT2D eigenvalue weighted by molar-refractivity contribution is 0.596. The van der Waals surface area contributed by atoms with Crippen LogP contribution in [0.4, 0.5) is 0 Å². The highest BCUT2D eigenvalue weighted by atomic mass is 79.9. The fourth-order valence-corrected chi connectivity index (χ4v) is 4.43. The summed E-state index contributed by atoms with van der Waals surface area (Å²) in [7, 11) is 0. The van der Waals surface area contributed by atoms with E-state index in [9.17, 15) is 0 Å². The summed E-state index contributed by atoms with van der Waals surface area (Å²) in [5, 5.41) is 1.04. The second kappa shape index (κ2) is 7.22. The highest BCUT2D eigenvalue weighted by molar-refractivity contribution is 9.11. The quantitative estimate of drug-likeness (QED) is 0.483. The minimum atomic E-state index is 0.643. The molecule has 0 saturated carbocycles. The average Bonchev–Trinajstić information content (AvgIpc) is 2.74. The van der Waals surface area contributed by atoms with Crippen molar-refractivity contribution in [3.8, 4) is 0 Å². The van der Waals surface area contributed by atoms with Crippen molar-refractivity contribution in [2.24, 2.45) is 5.92 Å². The van der Waals surface area contributed by atoms with Crippen molar-refractivity contribution in [3.63, 3.8) is 0 Å². The average molecular weight is 453 g/mol. The summed E-state index contributed by atoms with van der Waals surface area (Å²) in [6.45, 7) is 0. The third kappa shape index (κ3) is 4.48. The van der Waals surface area contributed by atoms with Gasteiger partial charge in [-0.15, -0.1) is 11.3 Å². The largest absolute Gasteiger partial charge is 0.133 e. The first-order valence-corrected chi connectivity index (χ1v) is 9.24. The van der Waals surface area contributed by atoms with Gasteiger partial charge in [0, 0.05) is 14.7 Å². The maximum Gasteiger partial charge on any atom is 0.0701 e. The Bertz CT molecular complexity index is 507. The number of hydrogen-bond acceptors (Lipinski definition) is 1. The Hall–Kier alpha value is 0.360. The van der Waals surface area contributed by atoms with Crippen LogP contribution in [0.15, 0.2) is 44.7 Å². The number of hydrogen-bond donors (Lipinski definition) is 0. The predicted molar refractivity (Wildman–Crippen MR) is 90.9 cm³/mol. The summed E-state index contributed by atoms with van der Waals surface area (Å²) in [5.74, 6) is 0.643. The van der Waals surface area contributed by atoms with Crippen LogP contribution in [-0.4, -0.2) is 5.33 Å². The Morgan fingerprint density at radius 1 is 1.06 bits per heavy atom. The van der Waals surface area contributed by atoms with Gasteiger partial charge < -0.3 is 0 Å². The highest BCUT2D eigenvalue weighted by Crippen LogP contribution is 2.26. The second-order valence-electron chi connectivity index (χ2n) is 4.26. The van der Waals surface area contributed by atoms with Crippen LogP contribution >= 0.6 is 59.1 Å². The summed E-state index contributed by atoms with van der Waals surface area (Å²) in [5.41, 5.74) is 1.39. The van der Waals surface area contributed by atoms with Crippen LogP contribution in [-0.2, 0) is 12.8 Å². The molecule has 2 rings (SSSR count). The summed E-state index contributed by atoms with van der Waals surface area (Å²) < 4.78 is 2.38. The molecule has 0 fully saturated rings. The number of benzene rings is 1. The first-order valence-electron chi connectivity index (χ1n) is 5.72. The lowest BCUT2D eigenvalue weighted by Crippen LogP contribution is -2.09. The molecule has 0 N–H and O–H groups in total. The van der Waals surface area contributed by atoms with E-state index in [1.54, 1.807) is 0 Å². The third-order valence-corrected chi connectivity index (χ3v) is 5.81. The minimum absolute atomic E-state index is 0.643. The van der Waals surface area contributed by atoms with Crippen LogP contribution in [0.1, 0.15) is 10.4 Å². The molecule has 1 unspecified atom stereocenters. The third-order valence-electron chi connectivity index (χ3n) is 2.75. The van der Waals surface area contributed by atoms with Crippen molar-refractivity contribution in [1.82, 2.24) is 0 Å². The normalized spacial score (nSPS) is 12.6. The molecule has 18 heavy (non-hydrogen) atoms. The molecule has 0 aliphatic rings. The Morgan fingerprint density at radius 3 is 2.50 bits per heavy atom. The van der Waals surface area contributed by atoms with Gasteiger partial charge in [-0.05, 0) is 64.5 Å². The monoisotopic (exact) mass is 450 g/mol. The van der Waals surface area contributed by atoms with Crippen molar-refractivity contribution in [2.45, 2.75) is 12.8 Å². The Morgan fingerprint density at radius 2 is 1.89 bits per heavy atom. The van der Waals surface area contributed by atoms with Crippen LogP contribution in [0.25, 0.3) is 0 Å². The lowest BCUT2D eigenvalue weighted by Gasteiger charge is -2.13. The number of thiophene rings is 1. The smallest absolute Gasteiger partial charge is 0.0701 e. The standard InChI is InChI=1S/C14H13Br3S/c15-9-11(8-13-4-5-14(17)18-13)6-10-2-1-3-12(16)7-10/h1-5,7,11H,6,8-9H2. The molecular weight excluding hydrogens is 440 g/mol. The van der Waals surface area contributed by atoms with Gasteiger partial charge in [-0.1, -0.05) is 44.0 Å². The zero-order valence-corrected chi connectivity index (χ0v) is 15.3. The molecule has 0 aliphatic heterocycles. The predicted octanol–water partition coefficient (Wildman–Crippen LogP) is 6.07. The van der Waals surface area contributed by atoms with Crippen molar-refractivity contribution in [3.05, 3.63) is 55.1 Å². The Balaban J connectivity index is 2.01. The van der Waals surface area contributed by atoms with Gasteiger partial charge in [0.1, 0.15) is 0 Å². The molecule has 0 spiro atoms. The van der Waals surface area contributed by atoms with Gasteiger partial charge in [-0.25, -0.2) is 0 Å². The summed E-state index contributed by atoms with van der Waals surface area (Å²) in [6.07, 6.45) is 2.24. The second-order valence-corrected chi connectivity index (χ2v) is 8.38. The fraction of sp³-hybridized carbons (Fsp3) is 0.286. The van der Waals surface area contributed by atoms with E-state index in [0.29, 0.717) is 5.92 Å². The van der Waals surface area contributed by atoms with Crippen LogP contribution in [0.5, 0.6) is 0 Å². The lowest BCUT2D eigenvalue weighted by atomic mass is 9.97. The van der Waals surface area contributed by atoms with E-state index in [1.165, 1.54) is 14.2 Å². The molecule has 1 aromatic carbocycles. The maximum absolute atomic E-state index is 3.64. The van der Waals surface area contributed by atoms with Crippen molar-refractivity contribution < 1.29 is 0 Å². The van der Waals surface area contributed by atoms with Crippen molar-refractivity contribution in [1.29, 1.82) is 0 Å². The van der Waals surface area contributed by atoms with E-state index in [1.807, 2.05) is 11.3 Å². The molecule has 0 bridgehead atoms. The van der Waals surface area contributed by atoms with E-state index in [0.717, 1.165) is 22.6 Å². The van der Waals surface area contributed by atoms with Gasteiger partial charge in [0.2, 0.25) is 0 Å². The van der Waals surface area contributed by atoms with Gasteiger partial charge in [0.25, 0.3) is 0 Å². The van der Waals surface area contributed by atoms with E-state index in [4.69, 9.17) is 0 Å². The molecule has 1 aromatic heterocycles. The topological polar surface area (TPSA) is 0 Å². The first-order chi connectivity index (χ1) is 8.67. The molecule has 1 atom stereocenters. The Labute approximate surface area is 137 Å².